The molecule has 0 aromatic heterocycles. The van der Waals surface area contributed by atoms with Gasteiger partial charge in [-0.3, -0.25) is 4.79 Å². The Morgan fingerprint density at radius 3 is 2.37 bits per heavy atom. The van der Waals surface area contributed by atoms with Gasteiger partial charge in [-0.05, 0) is 71.1 Å². The molecule has 0 N–H and O–H groups in total. The van der Waals surface area contributed by atoms with Crippen LogP contribution in [0.1, 0.15) is 68.8 Å². The number of carbonyl (C=O) groups is 2. The summed E-state index contributed by atoms with van der Waals surface area (Å²) in [7, 11) is 0. The predicted molar refractivity (Wildman–Crippen MR) is 97.7 cm³/mol. The van der Waals surface area contributed by atoms with Crippen LogP contribution in [0.4, 0.5) is 9.18 Å². The second-order valence-electron chi connectivity index (χ2n) is 8.47. The number of hydrogen-bond acceptors (Lipinski definition) is 4. The number of benzene rings is 1. The number of nitriles is 1. The third-order valence-electron chi connectivity index (χ3n) is 5.32. The van der Waals surface area contributed by atoms with Gasteiger partial charge in [-0.1, -0.05) is 0 Å². The van der Waals surface area contributed by atoms with Gasteiger partial charge < -0.3 is 9.64 Å². The van der Waals surface area contributed by atoms with E-state index in [1.807, 2.05) is 25.7 Å². The van der Waals surface area contributed by atoms with Gasteiger partial charge in [-0.25, -0.2) is 9.18 Å². The van der Waals surface area contributed by atoms with Crippen molar-refractivity contribution in [1.82, 2.24) is 4.90 Å². The van der Waals surface area contributed by atoms with Crippen LogP contribution in [0.2, 0.25) is 0 Å². The van der Waals surface area contributed by atoms with E-state index in [1.54, 1.807) is 6.07 Å². The van der Waals surface area contributed by atoms with E-state index >= 15 is 0 Å². The smallest absolute Gasteiger partial charge is 0.410 e. The maximum atomic E-state index is 13.9. The molecule has 27 heavy (non-hydrogen) atoms. The molecule has 1 aromatic carbocycles. The highest BCUT2D eigenvalue weighted by Crippen LogP contribution is 2.39. The SMILES string of the molecule is CC(C)(C)OC(=O)N1C2CCCC1CC(C(=O)c1ccc(C#N)c(F)c1)C2. The summed E-state index contributed by atoms with van der Waals surface area (Å²) in [6.45, 7) is 5.53. The number of rotatable bonds is 2. The van der Waals surface area contributed by atoms with Gasteiger partial charge in [0.2, 0.25) is 0 Å². The molecule has 3 rings (SSSR count). The fraction of sp³-hybridized carbons (Fsp3) is 0.571. The fourth-order valence-electron chi connectivity index (χ4n) is 4.20. The van der Waals surface area contributed by atoms with E-state index in [4.69, 9.17) is 10.00 Å². The summed E-state index contributed by atoms with van der Waals surface area (Å²) < 4.78 is 19.4. The summed E-state index contributed by atoms with van der Waals surface area (Å²) in [5.41, 5.74) is -0.332. The van der Waals surface area contributed by atoms with Gasteiger partial charge in [0.25, 0.3) is 0 Å². The molecule has 2 aliphatic rings. The van der Waals surface area contributed by atoms with E-state index in [-0.39, 0.29) is 35.4 Å². The minimum atomic E-state index is -0.672. The number of fused-ring (bicyclic) bond motifs is 2. The maximum absolute atomic E-state index is 13.9. The van der Waals surface area contributed by atoms with Crippen LogP contribution in [0.15, 0.2) is 18.2 Å². The summed E-state index contributed by atoms with van der Waals surface area (Å²) >= 11 is 0. The Morgan fingerprint density at radius 2 is 1.85 bits per heavy atom. The molecule has 0 radical (unpaired) electrons. The maximum Gasteiger partial charge on any atom is 0.410 e. The number of nitrogens with zero attached hydrogens (tertiary/aromatic N) is 2. The van der Waals surface area contributed by atoms with Crippen molar-refractivity contribution >= 4 is 11.9 Å². The zero-order chi connectivity index (χ0) is 19.8. The first-order valence-corrected chi connectivity index (χ1v) is 9.45. The van der Waals surface area contributed by atoms with Crippen molar-refractivity contribution in [3.05, 3.63) is 35.1 Å². The van der Waals surface area contributed by atoms with Crippen molar-refractivity contribution in [1.29, 1.82) is 5.26 Å². The second kappa shape index (κ2) is 7.30. The summed E-state index contributed by atoms with van der Waals surface area (Å²) in [5, 5.41) is 8.84. The molecule has 0 aliphatic carbocycles. The highest BCUT2D eigenvalue weighted by atomic mass is 19.1. The molecule has 144 valence electrons. The number of piperidine rings is 2. The lowest BCUT2D eigenvalue weighted by Crippen LogP contribution is -2.56. The molecule has 2 aliphatic heterocycles. The van der Waals surface area contributed by atoms with Crippen molar-refractivity contribution in [2.24, 2.45) is 5.92 Å². The first kappa shape index (κ1) is 19.3. The van der Waals surface area contributed by atoms with E-state index in [9.17, 15) is 14.0 Å². The standard InChI is InChI=1S/C21H25FN2O3/c1-21(2,3)27-20(26)24-16-5-4-6-17(24)10-15(9-16)19(25)13-7-8-14(12-23)18(22)11-13/h7-8,11,15-17H,4-6,9-10H2,1-3H3. The molecule has 2 bridgehead atoms. The van der Waals surface area contributed by atoms with E-state index in [0.29, 0.717) is 18.4 Å². The number of carbonyl (C=O) groups excluding carboxylic acids is 2. The third-order valence-corrected chi connectivity index (χ3v) is 5.32. The normalized spacial score (nSPS) is 24.9. The molecule has 2 saturated heterocycles. The average molecular weight is 372 g/mol. The van der Waals surface area contributed by atoms with E-state index < -0.39 is 11.4 Å². The molecule has 2 atom stereocenters. The Bertz CT molecular complexity index is 780. The molecule has 5 nitrogen and oxygen atoms in total. The van der Waals surface area contributed by atoms with Gasteiger partial charge in [0.05, 0.1) is 5.56 Å². The zero-order valence-corrected chi connectivity index (χ0v) is 16.0. The minimum Gasteiger partial charge on any atom is -0.444 e. The van der Waals surface area contributed by atoms with Crippen molar-refractivity contribution in [2.45, 2.75) is 70.6 Å². The second-order valence-corrected chi connectivity index (χ2v) is 8.47. The van der Waals surface area contributed by atoms with Crippen molar-refractivity contribution in [2.75, 3.05) is 0 Å². The van der Waals surface area contributed by atoms with E-state index in [1.165, 1.54) is 12.1 Å². The van der Waals surface area contributed by atoms with Gasteiger partial charge in [0, 0.05) is 23.6 Å². The van der Waals surface area contributed by atoms with Gasteiger partial charge in [-0.2, -0.15) is 5.26 Å². The molecular weight excluding hydrogens is 347 g/mol. The van der Waals surface area contributed by atoms with Gasteiger partial charge in [0.15, 0.2) is 5.78 Å². The highest BCUT2D eigenvalue weighted by molar-refractivity contribution is 5.98. The third kappa shape index (κ3) is 4.13. The Labute approximate surface area is 159 Å². The number of Topliss-reactive ketones (excluding diaryl/α,β-unsaturated/α-hetero) is 1. The predicted octanol–water partition coefficient (Wildman–Crippen LogP) is 4.45. The molecule has 2 unspecified atom stereocenters. The fourth-order valence-corrected chi connectivity index (χ4v) is 4.20. The molecule has 1 aromatic rings. The Morgan fingerprint density at radius 1 is 1.22 bits per heavy atom. The number of ether oxygens (including phenoxy) is 1. The number of halogens is 1. The molecule has 6 heteroatoms. The van der Waals surface area contributed by atoms with Crippen molar-refractivity contribution < 1.29 is 18.7 Å². The monoisotopic (exact) mass is 372 g/mol. The van der Waals surface area contributed by atoms with Crippen LogP contribution in [0, 0.1) is 23.1 Å². The van der Waals surface area contributed by atoms with Crippen LogP contribution in [0.3, 0.4) is 0 Å². The lowest BCUT2D eigenvalue weighted by atomic mass is 9.76. The average Bonchev–Trinajstić information content (AvgIpc) is 2.58. The highest BCUT2D eigenvalue weighted by Gasteiger charge is 2.44. The molecule has 1 amide bonds. The van der Waals surface area contributed by atoms with Crippen molar-refractivity contribution in [3.8, 4) is 6.07 Å². The van der Waals surface area contributed by atoms with E-state index in [0.717, 1.165) is 25.3 Å². The number of amides is 1. The molecule has 2 fully saturated rings. The molecule has 2 heterocycles. The summed E-state index contributed by atoms with van der Waals surface area (Å²) in [6, 6.07) is 5.73. The van der Waals surface area contributed by atoms with Crippen LogP contribution in [0.25, 0.3) is 0 Å². The largest absolute Gasteiger partial charge is 0.444 e. The first-order chi connectivity index (χ1) is 12.7. The number of hydrogen-bond donors (Lipinski definition) is 0. The Balaban J connectivity index is 1.76. The summed E-state index contributed by atoms with van der Waals surface area (Å²) in [4.78, 5) is 27.3. The lowest BCUT2D eigenvalue weighted by molar-refractivity contribution is -0.0260. The lowest BCUT2D eigenvalue weighted by Gasteiger charge is -2.48. The minimum absolute atomic E-state index is 0.0236. The van der Waals surface area contributed by atoms with Crippen LogP contribution in [-0.4, -0.2) is 34.5 Å². The van der Waals surface area contributed by atoms with Crippen LogP contribution < -0.4 is 0 Å². The zero-order valence-electron chi connectivity index (χ0n) is 16.0. The quantitative estimate of drug-likeness (QED) is 0.719. The molecular formula is C21H25FN2O3. The Hall–Kier alpha value is -2.42. The van der Waals surface area contributed by atoms with Gasteiger partial charge in [-0.15, -0.1) is 0 Å². The van der Waals surface area contributed by atoms with E-state index in [2.05, 4.69) is 0 Å². The molecule has 0 saturated carbocycles. The first-order valence-electron chi connectivity index (χ1n) is 9.45. The number of ketones is 1. The van der Waals surface area contributed by atoms with Gasteiger partial charge >= 0.3 is 6.09 Å². The Kier molecular flexibility index (Phi) is 5.23. The van der Waals surface area contributed by atoms with Crippen LogP contribution >= 0.6 is 0 Å². The summed E-state index contributed by atoms with van der Waals surface area (Å²) in [5.74, 6) is -1.03. The summed E-state index contributed by atoms with van der Waals surface area (Å²) in [6.07, 6.45) is 3.54. The van der Waals surface area contributed by atoms with Crippen molar-refractivity contribution in [3.63, 3.8) is 0 Å². The van der Waals surface area contributed by atoms with Gasteiger partial charge in [0.1, 0.15) is 17.5 Å². The van der Waals surface area contributed by atoms with Crippen LogP contribution in [0.5, 0.6) is 0 Å². The van der Waals surface area contributed by atoms with Crippen LogP contribution in [-0.2, 0) is 4.74 Å². The molecule has 0 spiro atoms. The topological polar surface area (TPSA) is 70.4 Å².